The Hall–Kier alpha value is -1.82. The molecule has 96 valence electrons. The van der Waals surface area contributed by atoms with Crippen LogP contribution in [0.4, 0.5) is 5.82 Å². The zero-order valence-corrected chi connectivity index (χ0v) is 11.1. The number of aromatic nitrogens is 2. The van der Waals surface area contributed by atoms with E-state index in [9.17, 15) is 8.42 Å². The minimum absolute atomic E-state index is 0.317. The first kappa shape index (κ1) is 12.6. The Bertz CT molecular complexity index is 630. The lowest BCUT2D eigenvalue weighted by molar-refractivity contribution is 0.602. The average Bonchev–Trinajstić information content (AvgIpc) is 2.77. The average molecular weight is 265 g/mol. The summed E-state index contributed by atoms with van der Waals surface area (Å²) < 4.78 is 22.7. The molecule has 0 unspecified atom stereocenters. The van der Waals surface area contributed by atoms with Gasteiger partial charge in [-0.25, -0.2) is 8.42 Å². The highest BCUT2D eigenvalue weighted by atomic mass is 32.2. The number of hydrogen-bond acceptors (Lipinski definition) is 4. The van der Waals surface area contributed by atoms with Crippen molar-refractivity contribution in [2.45, 2.75) is 11.8 Å². The summed E-state index contributed by atoms with van der Waals surface area (Å²) in [7, 11) is -3.14. The predicted molar refractivity (Wildman–Crippen MR) is 71.3 cm³/mol. The van der Waals surface area contributed by atoms with E-state index in [-0.39, 0.29) is 0 Å². The van der Waals surface area contributed by atoms with Gasteiger partial charge in [-0.1, -0.05) is 12.1 Å². The fraction of sp³-hybridized carbons (Fsp3) is 0.250. The van der Waals surface area contributed by atoms with Crippen LogP contribution < -0.4 is 5.32 Å². The fourth-order valence-corrected chi connectivity index (χ4v) is 2.25. The first-order valence-corrected chi connectivity index (χ1v) is 7.49. The van der Waals surface area contributed by atoms with E-state index in [0.717, 1.165) is 23.6 Å². The second kappa shape index (κ2) is 4.81. The van der Waals surface area contributed by atoms with Crippen LogP contribution in [0.2, 0.25) is 0 Å². The highest BCUT2D eigenvalue weighted by Gasteiger charge is 2.08. The first-order valence-electron chi connectivity index (χ1n) is 5.60. The van der Waals surface area contributed by atoms with Crippen LogP contribution >= 0.6 is 0 Å². The molecule has 0 bridgehead atoms. The zero-order chi connectivity index (χ0) is 13.2. The largest absolute Gasteiger partial charge is 0.369 e. The number of rotatable bonds is 4. The van der Waals surface area contributed by atoms with E-state index in [1.165, 1.54) is 6.26 Å². The maximum Gasteiger partial charge on any atom is 0.175 e. The van der Waals surface area contributed by atoms with Crippen molar-refractivity contribution in [2.75, 3.05) is 18.1 Å². The van der Waals surface area contributed by atoms with Crippen LogP contribution in [0.25, 0.3) is 11.3 Å². The Balaban J connectivity index is 2.28. The molecule has 0 spiro atoms. The molecule has 0 aliphatic heterocycles. The Morgan fingerprint density at radius 1 is 1.28 bits per heavy atom. The summed E-state index contributed by atoms with van der Waals surface area (Å²) in [6, 6.07) is 8.61. The van der Waals surface area contributed by atoms with Crippen molar-refractivity contribution in [2.24, 2.45) is 0 Å². The standard InChI is InChI=1S/C12H15N3O2S/c1-3-13-12-8-11(14-15-12)9-4-6-10(7-5-9)18(2,16)17/h4-8H,3H2,1-2H3,(H2,13,14,15). The summed E-state index contributed by atoms with van der Waals surface area (Å²) in [6.45, 7) is 2.80. The van der Waals surface area contributed by atoms with Crippen molar-refractivity contribution < 1.29 is 8.42 Å². The van der Waals surface area contributed by atoms with Crippen molar-refractivity contribution in [3.63, 3.8) is 0 Å². The van der Waals surface area contributed by atoms with Crippen molar-refractivity contribution in [1.29, 1.82) is 0 Å². The molecule has 0 atom stereocenters. The van der Waals surface area contributed by atoms with E-state index in [1.54, 1.807) is 24.3 Å². The van der Waals surface area contributed by atoms with Crippen LogP contribution in [0.15, 0.2) is 35.2 Å². The van der Waals surface area contributed by atoms with Crippen molar-refractivity contribution in [3.8, 4) is 11.3 Å². The number of benzene rings is 1. The lowest BCUT2D eigenvalue weighted by atomic mass is 10.1. The van der Waals surface area contributed by atoms with Gasteiger partial charge in [0.05, 0.1) is 10.6 Å². The molecule has 2 N–H and O–H groups in total. The van der Waals surface area contributed by atoms with Crippen molar-refractivity contribution in [3.05, 3.63) is 30.3 Å². The third-order valence-corrected chi connectivity index (χ3v) is 3.66. The molecule has 18 heavy (non-hydrogen) atoms. The molecule has 0 saturated heterocycles. The molecule has 5 nitrogen and oxygen atoms in total. The molecule has 1 aromatic heterocycles. The van der Waals surface area contributed by atoms with Crippen LogP contribution in [0, 0.1) is 0 Å². The van der Waals surface area contributed by atoms with E-state index >= 15 is 0 Å². The molecule has 6 heteroatoms. The fourth-order valence-electron chi connectivity index (χ4n) is 1.62. The van der Waals surface area contributed by atoms with Gasteiger partial charge in [0.1, 0.15) is 5.82 Å². The van der Waals surface area contributed by atoms with E-state index in [2.05, 4.69) is 15.5 Å². The molecule has 0 saturated carbocycles. The van der Waals surface area contributed by atoms with Crippen LogP contribution in [0.1, 0.15) is 6.92 Å². The summed E-state index contributed by atoms with van der Waals surface area (Å²) in [5.74, 6) is 0.777. The smallest absolute Gasteiger partial charge is 0.175 e. The summed E-state index contributed by atoms with van der Waals surface area (Å²) in [4.78, 5) is 0.317. The topological polar surface area (TPSA) is 74.8 Å². The summed E-state index contributed by atoms with van der Waals surface area (Å²) in [5.41, 5.74) is 1.75. The molecule has 2 aromatic rings. The maximum atomic E-state index is 11.3. The number of hydrogen-bond donors (Lipinski definition) is 2. The van der Waals surface area contributed by atoms with Gasteiger partial charge in [0.2, 0.25) is 0 Å². The molecule has 1 heterocycles. The SMILES string of the molecule is CCNc1cc(-c2ccc(S(C)(=O)=O)cc2)[nH]n1. The highest BCUT2D eigenvalue weighted by Crippen LogP contribution is 2.21. The van der Waals surface area contributed by atoms with Gasteiger partial charge in [0.25, 0.3) is 0 Å². The molecule has 0 amide bonds. The number of nitrogens with zero attached hydrogens (tertiary/aromatic N) is 1. The van der Waals surface area contributed by atoms with Gasteiger partial charge in [0.15, 0.2) is 9.84 Å². The van der Waals surface area contributed by atoms with Crippen LogP contribution in [0.5, 0.6) is 0 Å². The number of sulfone groups is 1. The van der Waals surface area contributed by atoms with Gasteiger partial charge in [-0.05, 0) is 24.6 Å². The molecule has 0 aliphatic rings. The van der Waals surface area contributed by atoms with E-state index in [1.807, 2.05) is 13.0 Å². The van der Waals surface area contributed by atoms with Crippen LogP contribution in [-0.2, 0) is 9.84 Å². The first-order chi connectivity index (χ1) is 8.50. The molecule has 0 fully saturated rings. The summed E-state index contributed by atoms with van der Waals surface area (Å²) >= 11 is 0. The molecule has 1 aromatic carbocycles. The van der Waals surface area contributed by atoms with Gasteiger partial charge in [-0.2, -0.15) is 5.10 Å². The highest BCUT2D eigenvalue weighted by molar-refractivity contribution is 7.90. The lowest BCUT2D eigenvalue weighted by Gasteiger charge is -2.00. The third-order valence-electron chi connectivity index (χ3n) is 2.53. The van der Waals surface area contributed by atoms with E-state index < -0.39 is 9.84 Å². The normalized spacial score (nSPS) is 11.4. The van der Waals surface area contributed by atoms with Gasteiger partial charge in [-0.3, -0.25) is 5.10 Å². The third kappa shape index (κ3) is 2.70. The van der Waals surface area contributed by atoms with Gasteiger partial charge in [0, 0.05) is 18.9 Å². The summed E-state index contributed by atoms with van der Waals surface area (Å²) in [6.07, 6.45) is 1.20. The summed E-state index contributed by atoms with van der Waals surface area (Å²) in [5, 5.41) is 10.1. The van der Waals surface area contributed by atoms with Crippen LogP contribution in [-0.4, -0.2) is 31.4 Å². The second-order valence-corrected chi connectivity index (χ2v) is 6.01. The molecular weight excluding hydrogens is 250 g/mol. The second-order valence-electron chi connectivity index (χ2n) is 3.99. The Morgan fingerprint density at radius 2 is 1.94 bits per heavy atom. The Kier molecular flexibility index (Phi) is 3.38. The zero-order valence-electron chi connectivity index (χ0n) is 10.3. The monoisotopic (exact) mass is 265 g/mol. The Labute approximate surface area is 106 Å². The lowest BCUT2D eigenvalue weighted by Crippen LogP contribution is -1.96. The number of anilines is 1. The molecule has 0 aliphatic carbocycles. The minimum atomic E-state index is -3.14. The molecular formula is C12H15N3O2S. The van der Waals surface area contributed by atoms with Crippen molar-refractivity contribution >= 4 is 15.7 Å². The van der Waals surface area contributed by atoms with Gasteiger partial charge in [-0.15, -0.1) is 0 Å². The number of aromatic amines is 1. The maximum absolute atomic E-state index is 11.3. The quantitative estimate of drug-likeness (QED) is 0.885. The van der Waals surface area contributed by atoms with E-state index in [4.69, 9.17) is 0 Å². The van der Waals surface area contributed by atoms with Crippen molar-refractivity contribution in [1.82, 2.24) is 10.2 Å². The van der Waals surface area contributed by atoms with Gasteiger partial charge >= 0.3 is 0 Å². The minimum Gasteiger partial charge on any atom is -0.369 e. The Morgan fingerprint density at radius 3 is 2.50 bits per heavy atom. The molecule has 0 radical (unpaired) electrons. The predicted octanol–water partition coefficient (Wildman–Crippen LogP) is 1.91. The number of nitrogens with one attached hydrogen (secondary N) is 2. The number of H-pyrrole nitrogens is 1. The van der Waals surface area contributed by atoms with Gasteiger partial charge < -0.3 is 5.32 Å². The molecule has 2 rings (SSSR count). The van der Waals surface area contributed by atoms with Crippen LogP contribution in [0.3, 0.4) is 0 Å². The van der Waals surface area contributed by atoms with E-state index in [0.29, 0.717) is 4.90 Å².